The highest BCUT2D eigenvalue weighted by Gasteiger charge is 2.43. The fraction of sp³-hybridized carbons (Fsp3) is 0.261. The van der Waals surface area contributed by atoms with Crippen molar-refractivity contribution >= 4 is 0 Å². The molecule has 0 amide bonds. The summed E-state index contributed by atoms with van der Waals surface area (Å²) in [6.45, 7) is 9.36. The number of aromatic nitrogens is 1. The molecule has 2 aromatic carbocycles. The highest BCUT2D eigenvalue weighted by molar-refractivity contribution is 5.96. The molecule has 0 saturated heterocycles. The minimum Gasteiger partial charge on any atom is -0.256 e. The third-order valence-electron chi connectivity index (χ3n) is 6.14. The molecule has 0 spiro atoms. The highest BCUT2D eigenvalue weighted by atomic mass is 14.7. The van der Waals surface area contributed by atoms with Crippen LogP contribution < -0.4 is 0 Å². The second-order valence-corrected chi connectivity index (χ2v) is 8.11. The van der Waals surface area contributed by atoms with Crippen LogP contribution in [0.3, 0.4) is 0 Å². The first kappa shape index (κ1) is 14.0. The summed E-state index contributed by atoms with van der Waals surface area (Å²) in [6, 6.07) is 17.9. The SMILES string of the molecule is CC1(C)c2cccnc2-c2cccc3c2-c2c1cccc2C3(C)C. The van der Waals surface area contributed by atoms with Gasteiger partial charge < -0.3 is 0 Å². The van der Waals surface area contributed by atoms with Gasteiger partial charge in [-0.15, -0.1) is 0 Å². The fourth-order valence-electron chi connectivity index (χ4n) is 4.82. The van der Waals surface area contributed by atoms with Gasteiger partial charge in [0.2, 0.25) is 0 Å². The van der Waals surface area contributed by atoms with Crippen molar-refractivity contribution in [2.75, 3.05) is 0 Å². The molecule has 0 saturated carbocycles. The molecule has 0 aliphatic heterocycles. The van der Waals surface area contributed by atoms with E-state index < -0.39 is 0 Å². The Labute approximate surface area is 143 Å². The molecule has 5 rings (SSSR count). The van der Waals surface area contributed by atoms with Crippen molar-refractivity contribution in [1.82, 2.24) is 4.98 Å². The lowest BCUT2D eigenvalue weighted by Crippen LogP contribution is -2.22. The van der Waals surface area contributed by atoms with E-state index in [1.165, 1.54) is 38.9 Å². The third-order valence-corrected chi connectivity index (χ3v) is 6.14. The lowest BCUT2D eigenvalue weighted by atomic mass is 9.74. The molecule has 1 heteroatoms. The first-order valence-electron chi connectivity index (χ1n) is 8.68. The average Bonchev–Trinajstić information content (AvgIpc) is 2.78. The van der Waals surface area contributed by atoms with Crippen LogP contribution in [-0.4, -0.2) is 4.98 Å². The molecular weight excluding hydrogens is 290 g/mol. The quantitative estimate of drug-likeness (QED) is 0.519. The van der Waals surface area contributed by atoms with Crippen molar-refractivity contribution < 1.29 is 0 Å². The number of pyridine rings is 1. The van der Waals surface area contributed by atoms with E-state index in [0.717, 1.165) is 5.69 Å². The van der Waals surface area contributed by atoms with Crippen LogP contribution in [0.2, 0.25) is 0 Å². The molecule has 2 aliphatic rings. The Morgan fingerprint density at radius 3 is 1.88 bits per heavy atom. The molecule has 2 aliphatic carbocycles. The summed E-state index contributed by atoms with van der Waals surface area (Å²) in [5.74, 6) is 0. The normalized spacial score (nSPS) is 17.8. The highest BCUT2D eigenvalue weighted by Crippen LogP contribution is 2.58. The lowest BCUT2D eigenvalue weighted by Gasteiger charge is -2.29. The smallest absolute Gasteiger partial charge is 0.0749 e. The Kier molecular flexibility index (Phi) is 2.42. The Hall–Kier alpha value is -2.41. The lowest BCUT2D eigenvalue weighted by molar-refractivity contribution is 0.633. The summed E-state index contributed by atoms with van der Waals surface area (Å²) in [6.07, 6.45) is 1.92. The third kappa shape index (κ3) is 1.44. The molecule has 0 unspecified atom stereocenters. The van der Waals surface area contributed by atoms with E-state index in [0.29, 0.717) is 0 Å². The Morgan fingerprint density at radius 2 is 1.17 bits per heavy atom. The molecule has 1 aromatic heterocycles. The predicted octanol–water partition coefficient (Wildman–Crippen LogP) is 5.69. The monoisotopic (exact) mass is 311 g/mol. The summed E-state index contributed by atoms with van der Waals surface area (Å²) < 4.78 is 0. The maximum Gasteiger partial charge on any atom is 0.0749 e. The van der Waals surface area contributed by atoms with Gasteiger partial charge in [-0.1, -0.05) is 70.2 Å². The maximum absolute atomic E-state index is 4.81. The minimum atomic E-state index is -0.0638. The van der Waals surface area contributed by atoms with Gasteiger partial charge >= 0.3 is 0 Å². The van der Waals surface area contributed by atoms with Gasteiger partial charge in [0.1, 0.15) is 0 Å². The van der Waals surface area contributed by atoms with Crippen molar-refractivity contribution in [2.24, 2.45) is 0 Å². The van der Waals surface area contributed by atoms with Crippen molar-refractivity contribution in [3.05, 3.63) is 77.0 Å². The number of rotatable bonds is 0. The standard InChI is InChI=1S/C23H21N/c1-22(2)15-9-5-8-14-19(15)20-16(22)10-6-11-17(20)23(3,4)18-12-7-13-24-21(14)18/h5-13H,1-4H3. The summed E-state index contributed by atoms with van der Waals surface area (Å²) in [5.41, 5.74) is 10.9. The summed E-state index contributed by atoms with van der Waals surface area (Å²) >= 11 is 0. The number of fused-ring (bicyclic) bond motifs is 2. The molecule has 1 nitrogen and oxygen atoms in total. The summed E-state index contributed by atoms with van der Waals surface area (Å²) in [5, 5.41) is 0. The first-order valence-corrected chi connectivity index (χ1v) is 8.68. The number of hydrogen-bond donors (Lipinski definition) is 0. The predicted molar refractivity (Wildman–Crippen MR) is 99.4 cm³/mol. The van der Waals surface area contributed by atoms with Gasteiger partial charge in [0.25, 0.3) is 0 Å². The Balaban J connectivity index is 2.08. The molecule has 3 aromatic rings. The van der Waals surface area contributed by atoms with Gasteiger partial charge in [0.15, 0.2) is 0 Å². The van der Waals surface area contributed by atoms with Gasteiger partial charge in [0.05, 0.1) is 5.69 Å². The molecule has 1 heterocycles. The van der Waals surface area contributed by atoms with Crippen LogP contribution in [0.5, 0.6) is 0 Å². The molecular formula is C23H21N. The van der Waals surface area contributed by atoms with E-state index in [4.69, 9.17) is 4.98 Å². The average molecular weight is 311 g/mol. The van der Waals surface area contributed by atoms with Crippen LogP contribution in [0.4, 0.5) is 0 Å². The topological polar surface area (TPSA) is 12.9 Å². The Bertz CT molecular complexity index is 1010. The van der Waals surface area contributed by atoms with E-state index in [9.17, 15) is 0 Å². The van der Waals surface area contributed by atoms with Crippen molar-refractivity contribution in [1.29, 1.82) is 0 Å². The molecule has 0 fully saturated rings. The largest absolute Gasteiger partial charge is 0.256 e. The molecule has 24 heavy (non-hydrogen) atoms. The molecule has 0 bridgehead atoms. The Morgan fingerprint density at radius 1 is 0.625 bits per heavy atom. The van der Waals surface area contributed by atoms with Crippen LogP contribution in [0, 0.1) is 0 Å². The van der Waals surface area contributed by atoms with E-state index in [2.05, 4.69) is 76.2 Å². The van der Waals surface area contributed by atoms with Gasteiger partial charge in [-0.05, 0) is 39.4 Å². The summed E-state index contributed by atoms with van der Waals surface area (Å²) in [4.78, 5) is 4.81. The zero-order valence-electron chi connectivity index (χ0n) is 14.6. The molecule has 118 valence electrons. The van der Waals surface area contributed by atoms with E-state index >= 15 is 0 Å². The number of hydrogen-bond acceptors (Lipinski definition) is 1. The summed E-state index contributed by atoms with van der Waals surface area (Å²) in [7, 11) is 0. The van der Waals surface area contributed by atoms with Crippen LogP contribution in [0.15, 0.2) is 54.7 Å². The van der Waals surface area contributed by atoms with Crippen LogP contribution >= 0.6 is 0 Å². The van der Waals surface area contributed by atoms with Gasteiger partial charge in [-0.3, -0.25) is 4.98 Å². The van der Waals surface area contributed by atoms with Crippen LogP contribution in [0.1, 0.15) is 49.9 Å². The maximum atomic E-state index is 4.81. The van der Waals surface area contributed by atoms with E-state index in [1.54, 1.807) is 0 Å². The number of nitrogens with zero attached hydrogens (tertiary/aromatic N) is 1. The molecule has 0 radical (unpaired) electrons. The molecule has 0 N–H and O–H groups in total. The van der Waals surface area contributed by atoms with Gasteiger partial charge in [-0.25, -0.2) is 0 Å². The number of benzene rings is 2. The van der Waals surface area contributed by atoms with Crippen molar-refractivity contribution in [3.63, 3.8) is 0 Å². The van der Waals surface area contributed by atoms with Crippen LogP contribution in [0.25, 0.3) is 22.4 Å². The van der Waals surface area contributed by atoms with Gasteiger partial charge in [0, 0.05) is 22.6 Å². The zero-order chi connectivity index (χ0) is 16.7. The minimum absolute atomic E-state index is 0.0407. The molecule has 0 atom stereocenters. The second-order valence-electron chi connectivity index (χ2n) is 8.11. The van der Waals surface area contributed by atoms with Gasteiger partial charge in [-0.2, -0.15) is 0 Å². The zero-order valence-corrected chi connectivity index (χ0v) is 14.6. The first-order chi connectivity index (χ1) is 11.4. The van der Waals surface area contributed by atoms with Crippen molar-refractivity contribution in [3.8, 4) is 22.4 Å². The van der Waals surface area contributed by atoms with E-state index in [1.807, 2.05) is 6.20 Å². The van der Waals surface area contributed by atoms with E-state index in [-0.39, 0.29) is 10.8 Å². The second kappa shape index (κ2) is 4.16. The van der Waals surface area contributed by atoms with Crippen molar-refractivity contribution in [2.45, 2.75) is 38.5 Å². The van der Waals surface area contributed by atoms with Crippen LogP contribution in [-0.2, 0) is 10.8 Å². The fourth-order valence-corrected chi connectivity index (χ4v) is 4.82.